The normalized spacial score (nSPS) is 25.2. The molecule has 3 rings (SSSR count). The molecule has 1 atom stereocenters. The Bertz CT molecular complexity index is 499. The molecule has 116 valence electrons. The minimum Gasteiger partial charge on any atom is -0.392 e. The van der Waals surface area contributed by atoms with E-state index in [-0.39, 0.29) is 12.0 Å². The highest BCUT2D eigenvalue weighted by Crippen LogP contribution is 2.22. The lowest BCUT2D eigenvalue weighted by Gasteiger charge is -2.41. The third kappa shape index (κ3) is 3.36. The van der Waals surface area contributed by atoms with Crippen molar-refractivity contribution in [2.45, 2.75) is 37.8 Å². The van der Waals surface area contributed by atoms with Gasteiger partial charge in [-0.3, -0.25) is 9.69 Å². The van der Waals surface area contributed by atoms with Crippen LogP contribution < -0.4 is 5.73 Å². The number of carbonyl (C=O) groups excluding carboxylic acids is 1. The van der Waals surface area contributed by atoms with Gasteiger partial charge in [-0.05, 0) is 32.2 Å². The van der Waals surface area contributed by atoms with Crippen LogP contribution in [0.1, 0.15) is 36.2 Å². The first-order valence-electron chi connectivity index (χ1n) is 7.56. The molecular formula is C14H22N4O2S. The quantitative estimate of drug-likeness (QED) is 0.844. The molecule has 6 nitrogen and oxygen atoms in total. The van der Waals surface area contributed by atoms with Crippen LogP contribution in [0.5, 0.6) is 0 Å². The molecule has 21 heavy (non-hydrogen) atoms. The summed E-state index contributed by atoms with van der Waals surface area (Å²) in [5.41, 5.74) is 6.05. The second kappa shape index (κ2) is 6.29. The average molecular weight is 310 g/mol. The molecule has 2 aliphatic rings. The van der Waals surface area contributed by atoms with Crippen LogP contribution >= 0.6 is 11.3 Å². The van der Waals surface area contributed by atoms with E-state index in [1.54, 1.807) is 5.38 Å². The topological polar surface area (TPSA) is 82.7 Å². The Labute approximate surface area is 128 Å². The Morgan fingerprint density at radius 3 is 2.71 bits per heavy atom. The number of nitrogens with two attached hydrogens (primary N) is 1. The van der Waals surface area contributed by atoms with Crippen molar-refractivity contribution in [2.75, 3.05) is 31.9 Å². The zero-order valence-electron chi connectivity index (χ0n) is 12.1. The van der Waals surface area contributed by atoms with E-state index >= 15 is 0 Å². The van der Waals surface area contributed by atoms with E-state index in [1.807, 2.05) is 4.90 Å². The second-order valence-electron chi connectivity index (χ2n) is 5.89. The summed E-state index contributed by atoms with van der Waals surface area (Å²) in [6, 6.07) is 0.490. The number of aliphatic hydroxyl groups is 1. The Morgan fingerprint density at radius 2 is 2.10 bits per heavy atom. The molecule has 0 saturated carbocycles. The number of hydrogen-bond acceptors (Lipinski definition) is 6. The molecule has 2 aliphatic heterocycles. The maximum absolute atomic E-state index is 12.3. The first-order valence-corrected chi connectivity index (χ1v) is 8.44. The largest absolute Gasteiger partial charge is 0.392 e. The number of aliphatic hydroxyl groups excluding tert-OH is 1. The van der Waals surface area contributed by atoms with Crippen LogP contribution in [0.25, 0.3) is 0 Å². The number of nitrogen functional groups attached to an aromatic ring is 1. The fourth-order valence-electron chi connectivity index (χ4n) is 3.30. The van der Waals surface area contributed by atoms with E-state index in [2.05, 4.69) is 9.88 Å². The number of piperidine rings is 2. The molecule has 0 bridgehead atoms. The van der Waals surface area contributed by atoms with Crippen LogP contribution in [0.2, 0.25) is 0 Å². The molecule has 0 unspecified atom stereocenters. The highest BCUT2D eigenvalue weighted by molar-refractivity contribution is 7.13. The van der Waals surface area contributed by atoms with Gasteiger partial charge >= 0.3 is 0 Å². The molecule has 3 N–H and O–H groups in total. The Morgan fingerprint density at radius 1 is 1.33 bits per heavy atom. The van der Waals surface area contributed by atoms with E-state index in [9.17, 15) is 9.90 Å². The second-order valence-corrected chi connectivity index (χ2v) is 6.78. The predicted octanol–water partition coefficient (Wildman–Crippen LogP) is 0.787. The number of amides is 1. The third-order valence-corrected chi connectivity index (χ3v) is 5.11. The molecule has 0 aromatic carbocycles. The van der Waals surface area contributed by atoms with Crippen LogP contribution in [0.3, 0.4) is 0 Å². The van der Waals surface area contributed by atoms with Crippen molar-refractivity contribution in [3.05, 3.63) is 11.1 Å². The molecule has 2 fully saturated rings. The number of carbonyl (C=O) groups is 1. The molecule has 0 aliphatic carbocycles. The zero-order valence-corrected chi connectivity index (χ0v) is 12.9. The van der Waals surface area contributed by atoms with Gasteiger partial charge in [0.1, 0.15) is 5.69 Å². The zero-order chi connectivity index (χ0) is 14.8. The molecule has 0 spiro atoms. The minimum atomic E-state index is -0.184. The standard InChI is InChI=1S/C14H22N4O2S/c15-14-16-12(9-21-14)13(20)17-6-3-10(4-7-17)18-5-1-2-11(19)8-18/h9-11,19H,1-8H2,(H2,15,16)/t11-/m1/s1. The van der Waals surface area contributed by atoms with Crippen LogP contribution in [-0.4, -0.2) is 64.1 Å². The first kappa shape index (κ1) is 14.7. The van der Waals surface area contributed by atoms with E-state index in [1.165, 1.54) is 11.3 Å². The predicted molar refractivity (Wildman–Crippen MR) is 82.3 cm³/mol. The van der Waals surface area contributed by atoms with Crippen molar-refractivity contribution in [3.63, 3.8) is 0 Å². The molecule has 3 heterocycles. The molecule has 1 aromatic heterocycles. The summed E-state index contributed by atoms with van der Waals surface area (Å²) in [5, 5.41) is 11.9. The van der Waals surface area contributed by atoms with Gasteiger partial charge in [0.05, 0.1) is 6.10 Å². The van der Waals surface area contributed by atoms with Gasteiger partial charge in [0.15, 0.2) is 5.13 Å². The lowest BCUT2D eigenvalue weighted by Crippen LogP contribution is -2.50. The van der Waals surface area contributed by atoms with E-state index in [0.29, 0.717) is 16.9 Å². The van der Waals surface area contributed by atoms with Gasteiger partial charge in [-0.25, -0.2) is 4.98 Å². The summed E-state index contributed by atoms with van der Waals surface area (Å²) in [6.07, 6.45) is 3.74. The van der Waals surface area contributed by atoms with Crippen molar-refractivity contribution >= 4 is 22.4 Å². The number of nitrogens with zero attached hydrogens (tertiary/aromatic N) is 3. The summed E-state index contributed by atoms with van der Waals surface area (Å²) in [5.74, 6) is -0.0138. The fraction of sp³-hybridized carbons (Fsp3) is 0.714. The van der Waals surface area contributed by atoms with Crippen molar-refractivity contribution in [3.8, 4) is 0 Å². The van der Waals surface area contributed by atoms with Crippen LogP contribution in [0.4, 0.5) is 5.13 Å². The first-order chi connectivity index (χ1) is 10.1. The Balaban J connectivity index is 1.54. The minimum absolute atomic E-state index is 0.0138. The van der Waals surface area contributed by atoms with Crippen molar-refractivity contribution in [1.82, 2.24) is 14.8 Å². The number of rotatable bonds is 2. The van der Waals surface area contributed by atoms with Gasteiger partial charge < -0.3 is 15.7 Å². The van der Waals surface area contributed by atoms with Crippen LogP contribution in [0, 0.1) is 0 Å². The summed E-state index contributed by atoms with van der Waals surface area (Å²) in [7, 11) is 0. The van der Waals surface area contributed by atoms with E-state index in [4.69, 9.17) is 5.73 Å². The number of thiazole rings is 1. The molecule has 2 saturated heterocycles. The van der Waals surface area contributed by atoms with Gasteiger partial charge in [-0.15, -0.1) is 11.3 Å². The molecule has 0 radical (unpaired) electrons. The monoisotopic (exact) mass is 310 g/mol. The SMILES string of the molecule is Nc1nc(C(=O)N2CCC(N3CCC[C@@H](O)C3)CC2)cs1. The molecule has 1 aromatic rings. The Kier molecular flexibility index (Phi) is 4.42. The molecular weight excluding hydrogens is 288 g/mol. The number of aromatic nitrogens is 1. The lowest BCUT2D eigenvalue weighted by molar-refractivity contribution is 0.0239. The van der Waals surface area contributed by atoms with Gasteiger partial charge in [-0.1, -0.05) is 0 Å². The van der Waals surface area contributed by atoms with Crippen molar-refractivity contribution in [2.24, 2.45) is 0 Å². The fourth-order valence-corrected chi connectivity index (χ4v) is 3.83. The van der Waals surface area contributed by atoms with E-state index in [0.717, 1.165) is 51.9 Å². The summed E-state index contributed by atoms with van der Waals surface area (Å²) in [6.45, 7) is 3.36. The average Bonchev–Trinajstić information content (AvgIpc) is 2.93. The van der Waals surface area contributed by atoms with Crippen LogP contribution in [-0.2, 0) is 0 Å². The maximum atomic E-state index is 12.3. The van der Waals surface area contributed by atoms with Crippen LogP contribution in [0.15, 0.2) is 5.38 Å². The van der Waals surface area contributed by atoms with Gasteiger partial charge in [0.25, 0.3) is 5.91 Å². The summed E-state index contributed by atoms with van der Waals surface area (Å²) < 4.78 is 0. The Hall–Kier alpha value is -1.18. The number of β-amino-alcohol motifs (C(OH)–C–C–N with tert-alkyl or cyclic N) is 1. The smallest absolute Gasteiger partial charge is 0.273 e. The lowest BCUT2D eigenvalue weighted by atomic mass is 9.99. The highest BCUT2D eigenvalue weighted by Gasteiger charge is 2.30. The highest BCUT2D eigenvalue weighted by atomic mass is 32.1. The summed E-state index contributed by atoms with van der Waals surface area (Å²) >= 11 is 1.30. The molecule has 1 amide bonds. The summed E-state index contributed by atoms with van der Waals surface area (Å²) in [4.78, 5) is 20.6. The number of hydrogen-bond donors (Lipinski definition) is 2. The number of likely N-dealkylation sites (tertiary alicyclic amines) is 2. The van der Waals surface area contributed by atoms with Crippen molar-refractivity contribution in [1.29, 1.82) is 0 Å². The van der Waals surface area contributed by atoms with Gasteiger partial charge in [0, 0.05) is 31.1 Å². The third-order valence-electron chi connectivity index (χ3n) is 4.44. The van der Waals surface area contributed by atoms with Gasteiger partial charge in [-0.2, -0.15) is 0 Å². The molecule has 7 heteroatoms. The van der Waals surface area contributed by atoms with Gasteiger partial charge in [0.2, 0.25) is 0 Å². The maximum Gasteiger partial charge on any atom is 0.273 e. The number of anilines is 1. The van der Waals surface area contributed by atoms with Crippen molar-refractivity contribution < 1.29 is 9.90 Å². The van der Waals surface area contributed by atoms with E-state index < -0.39 is 0 Å².